The first-order valence-corrected chi connectivity index (χ1v) is 8.46. The Hall–Kier alpha value is -1.12. The van der Waals surface area contributed by atoms with Gasteiger partial charge in [0.2, 0.25) is 11.0 Å². The molecule has 0 spiro atoms. The fraction of sp³-hybridized carbons (Fsp3) is 0.250. The van der Waals surface area contributed by atoms with Crippen molar-refractivity contribution in [1.82, 2.24) is 10.2 Å². The Balaban J connectivity index is 2.05. The van der Waals surface area contributed by atoms with Crippen molar-refractivity contribution in [3.05, 3.63) is 33.7 Å². The zero-order valence-corrected chi connectivity index (χ0v) is 13.7. The number of anilines is 1. The number of carbonyl (C=O) groups is 1. The first-order valence-electron chi connectivity index (χ1n) is 5.74. The van der Waals surface area contributed by atoms with E-state index in [0.717, 1.165) is 15.8 Å². The molecule has 5 nitrogen and oxygen atoms in total. The average Bonchev–Trinajstić information content (AvgIpc) is 3.07. The molecule has 1 aliphatic heterocycles. The van der Waals surface area contributed by atoms with Crippen LogP contribution in [0.4, 0.5) is 5.13 Å². The second-order valence-electron chi connectivity index (χ2n) is 4.03. The molecule has 8 heteroatoms. The van der Waals surface area contributed by atoms with Gasteiger partial charge in [0.15, 0.2) is 0 Å². The standard InChI is InChI=1S/C12H10BrN3O2S2/c1-18-9-3-2-7(13)4-8(9)11-16(10(17)5-19-11)12-15-14-6-20-12/h2-4,6,11H,5H2,1H3. The third-order valence-electron chi connectivity index (χ3n) is 2.88. The highest BCUT2D eigenvalue weighted by atomic mass is 79.9. The summed E-state index contributed by atoms with van der Waals surface area (Å²) in [5.41, 5.74) is 2.58. The van der Waals surface area contributed by atoms with E-state index in [4.69, 9.17) is 4.74 Å². The largest absolute Gasteiger partial charge is 0.496 e. The minimum Gasteiger partial charge on any atom is -0.496 e. The van der Waals surface area contributed by atoms with Gasteiger partial charge < -0.3 is 4.74 Å². The molecule has 1 aliphatic rings. The molecule has 2 heterocycles. The van der Waals surface area contributed by atoms with E-state index < -0.39 is 0 Å². The lowest BCUT2D eigenvalue weighted by Gasteiger charge is -2.22. The van der Waals surface area contributed by atoms with Crippen molar-refractivity contribution in [3.8, 4) is 5.75 Å². The minimum absolute atomic E-state index is 0.0405. The molecule has 0 aliphatic carbocycles. The van der Waals surface area contributed by atoms with Crippen LogP contribution in [-0.4, -0.2) is 29.0 Å². The van der Waals surface area contributed by atoms with E-state index in [1.807, 2.05) is 18.2 Å². The van der Waals surface area contributed by atoms with Gasteiger partial charge in [-0.05, 0) is 18.2 Å². The Morgan fingerprint density at radius 2 is 2.35 bits per heavy atom. The zero-order valence-electron chi connectivity index (χ0n) is 10.4. The Labute approximate surface area is 132 Å². The van der Waals surface area contributed by atoms with Gasteiger partial charge in [0.25, 0.3) is 0 Å². The molecule has 3 rings (SSSR count). The molecule has 1 fully saturated rings. The number of benzene rings is 1. The van der Waals surface area contributed by atoms with Crippen LogP contribution in [0.5, 0.6) is 5.75 Å². The highest BCUT2D eigenvalue weighted by Gasteiger charge is 2.37. The van der Waals surface area contributed by atoms with E-state index in [1.54, 1.807) is 29.3 Å². The van der Waals surface area contributed by atoms with Crippen LogP contribution in [0.25, 0.3) is 0 Å². The van der Waals surface area contributed by atoms with Gasteiger partial charge in [-0.3, -0.25) is 9.69 Å². The summed E-state index contributed by atoms with van der Waals surface area (Å²) in [5.74, 6) is 1.23. The first-order chi connectivity index (χ1) is 9.70. The number of halogens is 1. The Morgan fingerprint density at radius 3 is 3.05 bits per heavy atom. The summed E-state index contributed by atoms with van der Waals surface area (Å²) in [7, 11) is 1.63. The van der Waals surface area contributed by atoms with Crippen LogP contribution in [-0.2, 0) is 4.79 Å². The summed E-state index contributed by atoms with van der Waals surface area (Å²) in [4.78, 5) is 13.8. The van der Waals surface area contributed by atoms with Crippen molar-refractivity contribution in [2.75, 3.05) is 17.8 Å². The highest BCUT2D eigenvalue weighted by molar-refractivity contribution is 9.10. The molecule has 104 valence electrons. The summed E-state index contributed by atoms with van der Waals surface area (Å²) in [6.07, 6.45) is 0. The summed E-state index contributed by atoms with van der Waals surface area (Å²) in [6, 6.07) is 5.78. The number of methoxy groups -OCH3 is 1. The fourth-order valence-electron chi connectivity index (χ4n) is 2.03. The molecule has 1 saturated heterocycles. The van der Waals surface area contributed by atoms with Crippen LogP contribution in [0.1, 0.15) is 10.9 Å². The lowest BCUT2D eigenvalue weighted by molar-refractivity contribution is -0.115. The van der Waals surface area contributed by atoms with Crippen LogP contribution in [0.3, 0.4) is 0 Å². The Morgan fingerprint density at radius 1 is 1.50 bits per heavy atom. The molecular formula is C12H10BrN3O2S2. The number of thioether (sulfide) groups is 1. The maximum absolute atomic E-state index is 12.1. The molecule has 1 aromatic carbocycles. The summed E-state index contributed by atoms with van der Waals surface area (Å²) in [5, 5.41) is 8.31. The molecule has 0 radical (unpaired) electrons. The lowest BCUT2D eigenvalue weighted by atomic mass is 10.2. The molecule has 2 aromatic rings. The third-order valence-corrected chi connectivity index (χ3v) is 5.26. The number of nitrogens with zero attached hydrogens (tertiary/aromatic N) is 3. The molecule has 20 heavy (non-hydrogen) atoms. The number of ether oxygens (including phenoxy) is 1. The molecule has 0 N–H and O–H groups in total. The van der Waals surface area contributed by atoms with E-state index >= 15 is 0 Å². The van der Waals surface area contributed by atoms with Gasteiger partial charge in [-0.1, -0.05) is 27.3 Å². The van der Waals surface area contributed by atoms with E-state index in [0.29, 0.717) is 10.9 Å². The van der Waals surface area contributed by atoms with Gasteiger partial charge in [0.1, 0.15) is 16.6 Å². The van der Waals surface area contributed by atoms with Crippen LogP contribution in [0.2, 0.25) is 0 Å². The van der Waals surface area contributed by atoms with Gasteiger partial charge in [0.05, 0.1) is 12.9 Å². The summed E-state index contributed by atoms with van der Waals surface area (Å²) in [6.45, 7) is 0. The fourth-order valence-corrected chi connectivity index (χ4v) is 4.25. The van der Waals surface area contributed by atoms with Crippen molar-refractivity contribution < 1.29 is 9.53 Å². The smallest absolute Gasteiger partial charge is 0.240 e. The van der Waals surface area contributed by atoms with Gasteiger partial charge in [-0.15, -0.1) is 22.0 Å². The van der Waals surface area contributed by atoms with Gasteiger partial charge in [-0.25, -0.2) is 0 Å². The van der Waals surface area contributed by atoms with E-state index in [1.165, 1.54) is 11.3 Å². The first kappa shape index (κ1) is 13.8. The second-order valence-corrected chi connectivity index (χ2v) is 6.83. The molecule has 1 amide bonds. The number of rotatable bonds is 3. The quantitative estimate of drug-likeness (QED) is 0.829. The molecule has 0 saturated carbocycles. The van der Waals surface area contributed by atoms with Gasteiger partial charge >= 0.3 is 0 Å². The topological polar surface area (TPSA) is 55.3 Å². The van der Waals surface area contributed by atoms with Crippen molar-refractivity contribution in [1.29, 1.82) is 0 Å². The summed E-state index contributed by atoms with van der Waals surface area (Å²) < 4.78 is 6.36. The molecule has 1 unspecified atom stereocenters. The molecule has 1 atom stereocenters. The number of hydrogen-bond donors (Lipinski definition) is 0. The Bertz CT molecular complexity index is 636. The van der Waals surface area contributed by atoms with Crippen LogP contribution in [0.15, 0.2) is 28.2 Å². The van der Waals surface area contributed by atoms with E-state index in [2.05, 4.69) is 26.1 Å². The second kappa shape index (κ2) is 5.71. The van der Waals surface area contributed by atoms with Crippen molar-refractivity contribution in [2.24, 2.45) is 0 Å². The number of aromatic nitrogens is 2. The molecule has 0 bridgehead atoms. The predicted octanol–water partition coefficient (Wildman–Crippen LogP) is 3.09. The number of hydrogen-bond acceptors (Lipinski definition) is 6. The number of amides is 1. The van der Waals surface area contributed by atoms with E-state index in [9.17, 15) is 4.79 Å². The maximum Gasteiger partial charge on any atom is 0.240 e. The maximum atomic E-state index is 12.1. The van der Waals surface area contributed by atoms with Crippen LogP contribution >= 0.6 is 39.0 Å². The van der Waals surface area contributed by atoms with E-state index in [-0.39, 0.29) is 11.3 Å². The number of carbonyl (C=O) groups excluding carboxylic acids is 1. The molecular weight excluding hydrogens is 362 g/mol. The summed E-state index contributed by atoms with van der Waals surface area (Å²) >= 11 is 6.38. The van der Waals surface area contributed by atoms with Gasteiger partial charge in [-0.2, -0.15) is 0 Å². The van der Waals surface area contributed by atoms with Crippen molar-refractivity contribution in [3.63, 3.8) is 0 Å². The third kappa shape index (κ3) is 2.43. The molecule has 1 aromatic heterocycles. The minimum atomic E-state index is -0.136. The van der Waals surface area contributed by atoms with Gasteiger partial charge in [0, 0.05) is 10.0 Å². The van der Waals surface area contributed by atoms with Crippen LogP contribution in [0, 0.1) is 0 Å². The Kier molecular flexibility index (Phi) is 3.95. The normalized spacial score (nSPS) is 18.6. The van der Waals surface area contributed by atoms with Crippen molar-refractivity contribution in [2.45, 2.75) is 5.37 Å². The van der Waals surface area contributed by atoms with Crippen molar-refractivity contribution >= 4 is 50.1 Å². The zero-order chi connectivity index (χ0) is 14.1. The monoisotopic (exact) mass is 371 g/mol. The van der Waals surface area contributed by atoms with Crippen LogP contribution < -0.4 is 9.64 Å². The predicted molar refractivity (Wildman–Crippen MR) is 83.3 cm³/mol. The SMILES string of the molecule is COc1ccc(Br)cc1C1SCC(=O)N1c1nncs1. The highest BCUT2D eigenvalue weighted by Crippen LogP contribution is 2.45. The average molecular weight is 372 g/mol. The lowest BCUT2D eigenvalue weighted by Crippen LogP contribution is -2.28.